The molecule has 8 bridgehead atoms. The Hall–Kier alpha value is -6.71. The Balaban J connectivity index is 0.000000154. The molecule has 0 aliphatic carbocycles. The summed E-state index contributed by atoms with van der Waals surface area (Å²) in [5, 5.41) is 33.6. The Morgan fingerprint density at radius 3 is 2.06 bits per heavy atom. The fourth-order valence-corrected chi connectivity index (χ4v) is 5.41. The highest BCUT2D eigenvalue weighted by atomic mass is 16.5. The number of aromatic nitrogens is 6. The molecule has 0 radical (unpaired) electrons. The monoisotopic (exact) mass is 660 g/mol. The average Bonchev–Trinajstić information content (AvgIpc) is 3.69. The molecule has 0 saturated heterocycles. The topological polar surface area (TPSA) is 183 Å². The van der Waals surface area contributed by atoms with Crippen LogP contribution in [-0.2, 0) is 6.42 Å². The summed E-state index contributed by atoms with van der Waals surface area (Å²) in [6.45, 7) is 5.57. The van der Waals surface area contributed by atoms with Gasteiger partial charge in [0.15, 0.2) is 11.3 Å². The van der Waals surface area contributed by atoms with Gasteiger partial charge >= 0.3 is 6.03 Å². The summed E-state index contributed by atoms with van der Waals surface area (Å²) in [7, 11) is 3.66. The lowest BCUT2D eigenvalue weighted by Gasteiger charge is -2.13. The van der Waals surface area contributed by atoms with Crippen molar-refractivity contribution in [2.24, 2.45) is 0 Å². The number of fused-ring (bicyclic) bond motifs is 6. The van der Waals surface area contributed by atoms with Crippen molar-refractivity contribution in [3.05, 3.63) is 91.0 Å². The van der Waals surface area contributed by atoms with E-state index in [2.05, 4.69) is 76.4 Å². The highest BCUT2D eigenvalue weighted by Crippen LogP contribution is 2.27. The highest BCUT2D eigenvalue weighted by Gasteiger charge is 2.15. The van der Waals surface area contributed by atoms with Crippen LogP contribution in [0.3, 0.4) is 0 Å². The Morgan fingerprint density at radius 2 is 1.39 bits per heavy atom. The molecule has 0 atom stereocenters. The fraction of sp³-hybridized carbons (Fsp3) is 0.182. The SMILES string of the molecule is C=C1NCCc2cccc(c2)Nc2cc(NC)n3ncc(c3n2)N1.CNc1cc2nc3c(cnn13)NC(=O)NCCOc1cccc(c1)N2. The predicted octanol–water partition coefficient (Wildman–Crippen LogP) is 4.57. The number of benzene rings is 2. The van der Waals surface area contributed by atoms with E-state index in [0.29, 0.717) is 36.1 Å². The Bertz CT molecular complexity index is 2160. The van der Waals surface area contributed by atoms with Gasteiger partial charge in [0, 0.05) is 50.2 Å². The second-order valence-corrected chi connectivity index (χ2v) is 11.1. The zero-order valence-electron chi connectivity index (χ0n) is 27.0. The van der Waals surface area contributed by atoms with Crippen LogP contribution < -0.4 is 47.3 Å². The van der Waals surface area contributed by atoms with Crippen molar-refractivity contribution in [2.45, 2.75) is 6.42 Å². The van der Waals surface area contributed by atoms with Crippen molar-refractivity contribution in [1.82, 2.24) is 39.8 Å². The average molecular weight is 661 g/mol. The van der Waals surface area contributed by atoms with Crippen LogP contribution in [0.1, 0.15) is 5.56 Å². The highest BCUT2D eigenvalue weighted by molar-refractivity contribution is 5.93. The minimum absolute atomic E-state index is 0.338. The van der Waals surface area contributed by atoms with Crippen LogP contribution in [0.4, 0.5) is 50.8 Å². The van der Waals surface area contributed by atoms with Gasteiger partial charge in [-0.05, 0) is 36.2 Å². The zero-order chi connectivity index (χ0) is 33.7. The van der Waals surface area contributed by atoms with E-state index in [1.165, 1.54) is 5.56 Å². The third kappa shape index (κ3) is 6.87. The quantitative estimate of drug-likeness (QED) is 0.130. The lowest BCUT2D eigenvalue weighted by atomic mass is 10.1. The van der Waals surface area contributed by atoms with Crippen LogP contribution in [-0.4, -0.2) is 69.0 Å². The van der Waals surface area contributed by atoms with Gasteiger partial charge in [-0.2, -0.15) is 19.2 Å². The van der Waals surface area contributed by atoms with E-state index in [0.717, 1.165) is 58.9 Å². The number of anilines is 8. The van der Waals surface area contributed by atoms with Crippen LogP contribution >= 0.6 is 0 Å². The number of carbonyl (C=O) groups excluding carboxylic acids is 1. The van der Waals surface area contributed by atoms with Crippen molar-refractivity contribution < 1.29 is 9.53 Å². The molecule has 16 heteroatoms. The molecule has 0 spiro atoms. The number of amides is 2. The van der Waals surface area contributed by atoms with Crippen LogP contribution in [0.15, 0.2) is 85.5 Å². The number of ether oxygens (including phenoxy) is 1. The summed E-state index contributed by atoms with van der Waals surface area (Å²) in [4.78, 5) is 21.3. The molecule has 2 aliphatic rings. The lowest BCUT2D eigenvalue weighted by molar-refractivity contribution is 0.247. The van der Waals surface area contributed by atoms with E-state index in [1.54, 1.807) is 28.5 Å². The number of hydrogen-bond donors (Lipinski definition) is 8. The lowest BCUT2D eigenvalue weighted by Crippen LogP contribution is -2.32. The third-order valence-corrected chi connectivity index (χ3v) is 7.70. The van der Waals surface area contributed by atoms with Gasteiger partial charge in [0.2, 0.25) is 0 Å². The molecule has 16 nitrogen and oxygen atoms in total. The molecule has 2 aliphatic heterocycles. The molecule has 2 aromatic carbocycles. The van der Waals surface area contributed by atoms with Crippen molar-refractivity contribution in [2.75, 3.05) is 65.7 Å². The molecule has 49 heavy (non-hydrogen) atoms. The molecular formula is C33H36N14O2. The number of carbonyl (C=O) groups is 1. The zero-order valence-corrected chi connectivity index (χ0v) is 27.0. The summed E-state index contributed by atoms with van der Waals surface area (Å²) in [6.07, 6.45) is 4.22. The summed E-state index contributed by atoms with van der Waals surface area (Å²) in [6, 6.07) is 19.3. The second kappa shape index (κ2) is 13.6. The summed E-state index contributed by atoms with van der Waals surface area (Å²) >= 11 is 0. The molecule has 0 unspecified atom stereocenters. The summed E-state index contributed by atoms with van der Waals surface area (Å²) in [5.41, 5.74) is 5.70. The van der Waals surface area contributed by atoms with E-state index >= 15 is 0 Å². The number of nitrogens with zero attached hydrogens (tertiary/aromatic N) is 6. The van der Waals surface area contributed by atoms with Gasteiger partial charge in [0.25, 0.3) is 0 Å². The van der Waals surface area contributed by atoms with Crippen molar-refractivity contribution in [3.63, 3.8) is 0 Å². The molecule has 8 rings (SSSR count). The molecule has 2 amide bonds. The van der Waals surface area contributed by atoms with E-state index < -0.39 is 0 Å². The van der Waals surface area contributed by atoms with Crippen LogP contribution in [0, 0.1) is 0 Å². The van der Waals surface area contributed by atoms with Crippen LogP contribution in [0.25, 0.3) is 11.3 Å². The van der Waals surface area contributed by atoms with Gasteiger partial charge in [-0.1, -0.05) is 24.8 Å². The van der Waals surface area contributed by atoms with Crippen molar-refractivity contribution in [1.29, 1.82) is 0 Å². The molecule has 6 aromatic rings. The largest absolute Gasteiger partial charge is 0.492 e. The van der Waals surface area contributed by atoms with Crippen LogP contribution in [0.5, 0.6) is 5.75 Å². The van der Waals surface area contributed by atoms with E-state index in [1.807, 2.05) is 55.6 Å². The summed E-state index contributed by atoms with van der Waals surface area (Å²) < 4.78 is 9.04. The predicted molar refractivity (Wildman–Crippen MR) is 192 cm³/mol. The standard InChI is InChI=1S/C17H19N7.C16H17N7O2/c1-11-19-7-6-12-4-3-5-13(8-12)22-15-9-16(18-2)24-17(23-15)14(21-11)10-20-24;1-17-14-8-13-20-10-3-2-4-11(7-10)25-6-5-18-16(24)21-12-9-19-23(14)15(12)22-13/h3-5,8-10,18-19,21H,1,6-7H2,2H3,(H,22,23);2-4,7-9,17H,5-6H2,1H3,(H,20,22)(H2,18,21,24). The van der Waals surface area contributed by atoms with Gasteiger partial charge in [0.05, 0.1) is 24.8 Å². The third-order valence-electron chi connectivity index (χ3n) is 7.70. The molecule has 0 saturated carbocycles. The molecule has 0 fully saturated rings. The van der Waals surface area contributed by atoms with Crippen molar-refractivity contribution >= 4 is 63.3 Å². The van der Waals surface area contributed by atoms with Gasteiger partial charge in [0.1, 0.15) is 47.0 Å². The van der Waals surface area contributed by atoms with Crippen LogP contribution in [0.2, 0.25) is 0 Å². The number of rotatable bonds is 2. The Morgan fingerprint density at radius 1 is 0.755 bits per heavy atom. The first-order valence-corrected chi connectivity index (χ1v) is 15.7. The molecule has 8 N–H and O–H groups in total. The maximum absolute atomic E-state index is 12.0. The van der Waals surface area contributed by atoms with Gasteiger partial charge in [-0.25, -0.2) is 14.8 Å². The first kappa shape index (κ1) is 30.9. The van der Waals surface area contributed by atoms with Gasteiger partial charge in [-0.15, -0.1) is 0 Å². The summed E-state index contributed by atoms with van der Waals surface area (Å²) in [5.74, 6) is 4.40. The number of nitrogens with one attached hydrogen (secondary N) is 8. The molecule has 4 aromatic heterocycles. The smallest absolute Gasteiger partial charge is 0.319 e. The minimum atomic E-state index is -0.338. The van der Waals surface area contributed by atoms with E-state index in [9.17, 15) is 4.79 Å². The van der Waals surface area contributed by atoms with Gasteiger partial charge in [-0.3, -0.25) is 0 Å². The number of urea groups is 1. The second-order valence-electron chi connectivity index (χ2n) is 11.1. The maximum atomic E-state index is 12.0. The first-order chi connectivity index (χ1) is 23.9. The molecule has 6 heterocycles. The molecular weight excluding hydrogens is 624 g/mol. The Kier molecular flexibility index (Phi) is 8.56. The minimum Gasteiger partial charge on any atom is -0.492 e. The first-order valence-electron chi connectivity index (χ1n) is 15.7. The molecule has 250 valence electrons. The number of hydrogen-bond acceptors (Lipinski definition) is 12. The normalized spacial score (nSPS) is 14.0. The van der Waals surface area contributed by atoms with E-state index in [-0.39, 0.29) is 6.03 Å². The van der Waals surface area contributed by atoms with Crippen molar-refractivity contribution in [3.8, 4) is 5.75 Å². The van der Waals surface area contributed by atoms with Gasteiger partial charge < -0.3 is 47.3 Å². The Labute approximate surface area is 281 Å². The van der Waals surface area contributed by atoms with E-state index in [4.69, 9.17) is 9.72 Å². The fourth-order valence-electron chi connectivity index (χ4n) is 5.41. The maximum Gasteiger partial charge on any atom is 0.319 e.